The van der Waals surface area contributed by atoms with Crippen molar-refractivity contribution in [1.29, 1.82) is 0 Å². The molecule has 0 amide bonds. The van der Waals surface area contributed by atoms with Crippen LogP contribution in [-0.2, 0) is 74.0 Å². The van der Waals surface area contributed by atoms with Gasteiger partial charge >= 0.3 is 0 Å². The van der Waals surface area contributed by atoms with Gasteiger partial charge in [0, 0.05) is 0 Å². The molecule has 0 saturated heterocycles. The lowest BCUT2D eigenvalue weighted by Crippen LogP contribution is -2.24. The number of hydrogen-bond acceptors (Lipinski definition) is 0. The zero-order valence-electron chi connectivity index (χ0n) is 73.1. The maximum Gasteiger partial charge on any atom is -0.00127 e. The minimum atomic E-state index is 0.153. The molecule has 112 heavy (non-hydrogen) atoms. The van der Waals surface area contributed by atoms with Gasteiger partial charge in [-0.15, -0.1) is 0 Å². The highest BCUT2D eigenvalue weighted by molar-refractivity contribution is 5.77. The van der Waals surface area contributed by atoms with E-state index in [1.165, 1.54) is 232 Å². The first-order valence-electron chi connectivity index (χ1n) is 45.0. The van der Waals surface area contributed by atoms with E-state index in [9.17, 15) is 0 Å². The smallest absolute Gasteiger partial charge is 0.00127 e. The average Bonchev–Trinajstić information content (AvgIpc) is 1.19. The van der Waals surface area contributed by atoms with E-state index in [-0.39, 0.29) is 16.2 Å². The minimum Gasteiger partial charge on any atom is -0.0767 e. The fourth-order valence-electron chi connectivity index (χ4n) is 20.5. The van der Waals surface area contributed by atoms with Crippen LogP contribution in [0.5, 0.6) is 0 Å². The predicted octanol–water partition coefficient (Wildman–Crippen LogP) is 30.7. The summed E-state index contributed by atoms with van der Waals surface area (Å²) in [6.07, 6.45) is 41.0. The second kappa shape index (κ2) is 38.3. The molecule has 1 atom stereocenters. The average molecular weight is 1490 g/mol. The van der Waals surface area contributed by atoms with Gasteiger partial charge in [-0.2, -0.15) is 0 Å². The third kappa shape index (κ3) is 22.1. The lowest BCUT2D eigenvalue weighted by atomic mass is 9.68. The zero-order chi connectivity index (χ0) is 79.3. The Morgan fingerprint density at radius 1 is 0.295 bits per heavy atom. The first-order valence-corrected chi connectivity index (χ1v) is 45.0. The maximum absolute atomic E-state index is 2.58. The van der Waals surface area contributed by atoms with E-state index in [1.807, 2.05) is 0 Å². The van der Waals surface area contributed by atoms with Gasteiger partial charge in [0.15, 0.2) is 0 Å². The topological polar surface area (TPSA) is 0 Å². The lowest BCUT2D eigenvalue weighted by Gasteiger charge is -2.37. The van der Waals surface area contributed by atoms with E-state index in [0.29, 0.717) is 5.92 Å². The second-order valence-corrected chi connectivity index (χ2v) is 39.2. The molecule has 0 N–H and O–H groups in total. The quantitative estimate of drug-likeness (QED) is 0.0713. The summed E-state index contributed by atoms with van der Waals surface area (Å²) in [6, 6.07) is 70.5. The highest BCUT2D eigenvalue weighted by Crippen LogP contribution is 2.46. The summed E-state index contributed by atoms with van der Waals surface area (Å²) >= 11 is 0. The molecule has 9 aromatic carbocycles. The Bertz CT molecular complexity index is 4610. The fraction of sp³-hybridized carbons (Fsp3) is 0.482. The van der Waals surface area contributed by atoms with Crippen LogP contribution in [0.15, 0.2) is 200 Å². The SMILES string of the molecule is CCc1cc(C2=CC(C3CCCCC3)C=C2)ccc1Cc1ccc(C)c(Cc2ccccc2C(C)(C)C)c1.CCc1cc(C2CCC(C)CC2)ccc1Cc1ccc(C)c(Cc2ccccc2C(C)(C)C)c1.CCc1cc(C2CCC(C3CCC(C)CC3)CC2)ccc1Cc1ccc(C)c(Cc2ccccc2C(C)(C)C)c1. The highest BCUT2D eigenvalue weighted by Gasteiger charge is 2.32. The number of benzene rings is 9. The van der Waals surface area contributed by atoms with E-state index in [0.717, 1.165) is 99.2 Å². The van der Waals surface area contributed by atoms with Gasteiger partial charge in [-0.25, -0.2) is 0 Å². The van der Waals surface area contributed by atoms with Crippen molar-refractivity contribution in [1.82, 2.24) is 0 Å². The molecule has 0 heteroatoms. The molecule has 0 aliphatic heterocycles. The molecular weight excluding hydrogens is 1350 g/mol. The monoisotopic (exact) mass is 1490 g/mol. The van der Waals surface area contributed by atoms with Crippen molar-refractivity contribution in [3.8, 4) is 0 Å². The first-order chi connectivity index (χ1) is 53.8. The van der Waals surface area contributed by atoms with Gasteiger partial charge in [-0.05, 0) is 345 Å². The number of rotatable bonds is 20. The number of allylic oxidation sites excluding steroid dienone is 4. The highest BCUT2D eigenvalue weighted by atomic mass is 14.4. The molecule has 0 spiro atoms. The zero-order valence-corrected chi connectivity index (χ0v) is 73.1. The van der Waals surface area contributed by atoms with Crippen molar-refractivity contribution in [2.24, 2.45) is 35.5 Å². The van der Waals surface area contributed by atoms with Crippen LogP contribution in [0.2, 0.25) is 0 Å². The summed E-state index contributed by atoms with van der Waals surface area (Å²) in [4.78, 5) is 0. The lowest BCUT2D eigenvalue weighted by molar-refractivity contribution is 0.165. The fourth-order valence-corrected chi connectivity index (χ4v) is 20.5. The van der Waals surface area contributed by atoms with Crippen LogP contribution in [0.4, 0.5) is 0 Å². The molecule has 14 rings (SSSR count). The van der Waals surface area contributed by atoms with E-state index >= 15 is 0 Å². The first kappa shape index (κ1) is 83.9. The Hall–Kier alpha value is -7.54. The standard InChI is InChI=1S/C40H54.C38H46.C34H44/c1-7-31-26-36(34-20-18-33(19-21-34)32-16-12-28(2)13-17-32)23-22-35(31)24-30-15-14-29(3)38(25-30)27-37-10-8-9-11-39(37)40(4,5)6;1-6-29-24-33(34-21-19-32(25-34)30-12-8-7-9-13-30)20-18-31(29)22-28-17-16-27(2)36(23-28)26-35-14-10-11-15-37(35)38(3,4)5;1-7-27-22-30(28-16-12-24(2)13-17-28)19-18-29(27)20-26-15-14-25(3)32(21-26)23-31-10-8-9-11-33(31)34(4,5)6/h8-11,14-15,22-23,25-26,28,32-34H,7,12-13,16-21,24,27H2,1-6H3;10-11,14-21,23-25,30,32H,6-9,12-13,22,26H2,1-5H3;8-11,14-15,18-19,21-22,24,28H,7,12-13,16-17,20,23H2,1-6H3. The summed E-state index contributed by atoms with van der Waals surface area (Å²) in [5, 5.41) is 0. The van der Waals surface area contributed by atoms with Crippen LogP contribution in [-0.4, -0.2) is 0 Å². The van der Waals surface area contributed by atoms with Crippen molar-refractivity contribution in [2.45, 2.75) is 313 Å². The van der Waals surface area contributed by atoms with Crippen molar-refractivity contribution >= 4 is 5.57 Å². The van der Waals surface area contributed by atoms with Crippen LogP contribution >= 0.6 is 0 Å². The molecule has 4 saturated carbocycles. The van der Waals surface area contributed by atoms with E-state index in [4.69, 9.17) is 0 Å². The molecule has 0 bridgehead atoms. The Morgan fingerprint density at radius 3 is 1.03 bits per heavy atom. The largest absolute Gasteiger partial charge is 0.0767 e. The van der Waals surface area contributed by atoms with Gasteiger partial charge in [0.25, 0.3) is 0 Å². The summed E-state index contributed by atoms with van der Waals surface area (Å²) < 4.78 is 0. The van der Waals surface area contributed by atoms with Crippen molar-refractivity contribution in [2.75, 3.05) is 0 Å². The summed E-state index contributed by atoms with van der Waals surface area (Å²) in [5.41, 5.74) is 37.1. The molecule has 0 nitrogen and oxygen atoms in total. The Morgan fingerprint density at radius 2 is 0.643 bits per heavy atom. The van der Waals surface area contributed by atoms with E-state index in [1.54, 1.807) is 16.7 Å². The second-order valence-electron chi connectivity index (χ2n) is 39.2. The molecular formula is C112H144. The van der Waals surface area contributed by atoms with Crippen LogP contribution in [0.1, 0.15) is 351 Å². The van der Waals surface area contributed by atoms with Crippen molar-refractivity contribution < 1.29 is 0 Å². The summed E-state index contributed by atoms with van der Waals surface area (Å²) in [7, 11) is 0. The Kier molecular flexibility index (Phi) is 28.7. The molecule has 0 heterocycles. The van der Waals surface area contributed by atoms with Gasteiger partial charge in [0.05, 0.1) is 0 Å². The van der Waals surface area contributed by atoms with E-state index in [2.05, 4.69) is 318 Å². The van der Waals surface area contributed by atoms with Gasteiger partial charge in [-0.1, -0.05) is 342 Å². The number of aryl methyl sites for hydroxylation is 6. The van der Waals surface area contributed by atoms with Crippen LogP contribution in [0.3, 0.4) is 0 Å². The van der Waals surface area contributed by atoms with Crippen LogP contribution in [0, 0.1) is 56.3 Å². The maximum atomic E-state index is 2.58. The molecule has 0 radical (unpaired) electrons. The van der Waals surface area contributed by atoms with Crippen molar-refractivity contribution in [3.63, 3.8) is 0 Å². The molecule has 592 valence electrons. The minimum absolute atomic E-state index is 0.153. The van der Waals surface area contributed by atoms with Gasteiger partial charge in [-0.3, -0.25) is 0 Å². The van der Waals surface area contributed by atoms with Crippen LogP contribution < -0.4 is 0 Å². The summed E-state index contributed by atoms with van der Waals surface area (Å²) in [5.74, 6) is 6.93. The Labute approximate surface area is 683 Å². The van der Waals surface area contributed by atoms with Crippen molar-refractivity contribution in [3.05, 3.63) is 334 Å². The van der Waals surface area contributed by atoms with Gasteiger partial charge in [0.1, 0.15) is 0 Å². The molecule has 5 aliphatic rings. The molecule has 4 fully saturated rings. The Balaban J connectivity index is 0.000000156. The third-order valence-electron chi connectivity index (χ3n) is 27.7. The normalized spacial score (nSPS) is 20.3. The molecule has 5 aliphatic carbocycles. The molecule has 0 aromatic heterocycles. The van der Waals surface area contributed by atoms with Crippen LogP contribution in [0.25, 0.3) is 5.57 Å². The third-order valence-corrected chi connectivity index (χ3v) is 27.7. The predicted molar refractivity (Wildman–Crippen MR) is 487 cm³/mol. The van der Waals surface area contributed by atoms with Gasteiger partial charge in [0.2, 0.25) is 0 Å². The molecule has 1 unspecified atom stereocenters. The summed E-state index contributed by atoms with van der Waals surface area (Å²) in [6.45, 7) is 39.5. The van der Waals surface area contributed by atoms with Gasteiger partial charge < -0.3 is 0 Å². The van der Waals surface area contributed by atoms with E-state index < -0.39 is 0 Å². The molecule has 9 aromatic rings. The number of hydrogen-bond donors (Lipinski definition) is 0.